The quantitative estimate of drug-likeness (QED) is 0.520. The Morgan fingerprint density at radius 1 is 1.18 bits per heavy atom. The number of nitrogens with zero attached hydrogens (tertiary/aromatic N) is 6. The standard InChI is InChI=1S/C24H28Cl2N6O/c1-15-22(26)16(2)32(29-15)14-21(33)31-11-5-6-18(13-31)23-20(12-27-24(28-23)30(3)4)17-7-9-19(25)10-8-17/h7-10,12,18H,5-6,11,13-14H2,1-4H3/t18-/m0/s1. The number of amides is 1. The summed E-state index contributed by atoms with van der Waals surface area (Å²) in [7, 11) is 3.86. The predicted molar refractivity (Wildman–Crippen MR) is 132 cm³/mol. The zero-order valence-corrected chi connectivity index (χ0v) is 20.9. The van der Waals surface area contributed by atoms with E-state index in [4.69, 9.17) is 28.2 Å². The number of carbonyl (C=O) groups is 1. The summed E-state index contributed by atoms with van der Waals surface area (Å²) in [6.45, 7) is 5.25. The maximum absolute atomic E-state index is 13.2. The summed E-state index contributed by atoms with van der Waals surface area (Å²) in [6, 6.07) is 7.71. The number of halogens is 2. The first-order valence-corrected chi connectivity index (χ1v) is 11.8. The van der Waals surface area contributed by atoms with Crippen LogP contribution in [0.15, 0.2) is 30.5 Å². The molecule has 1 aromatic carbocycles. The monoisotopic (exact) mass is 486 g/mol. The molecule has 1 aliphatic rings. The van der Waals surface area contributed by atoms with Gasteiger partial charge in [-0.25, -0.2) is 9.97 Å². The molecule has 0 bridgehead atoms. The Balaban J connectivity index is 1.61. The van der Waals surface area contributed by atoms with Crippen LogP contribution in [0.4, 0.5) is 5.95 Å². The molecule has 3 aromatic rings. The molecule has 0 radical (unpaired) electrons. The van der Waals surface area contributed by atoms with E-state index in [1.165, 1.54) is 0 Å². The summed E-state index contributed by atoms with van der Waals surface area (Å²) >= 11 is 12.4. The van der Waals surface area contributed by atoms with Gasteiger partial charge in [-0.1, -0.05) is 35.3 Å². The fourth-order valence-corrected chi connectivity index (χ4v) is 4.51. The second-order valence-corrected chi connectivity index (χ2v) is 9.51. The van der Waals surface area contributed by atoms with Gasteiger partial charge in [0, 0.05) is 49.9 Å². The third kappa shape index (κ3) is 4.99. The molecular formula is C24H28Cl2N6O. The van der Waals surface area contributed by atoms with Gasteiger partial charge < -0.3 is 9.80 Å². The molecule has 0 N–H and O–H groups in total. The largest absolute Gasteiger partial charge is 0.347 e. The van der Waals surface area contributed by atoms with Gasteiger partial charge in [-0.2, -0.15) is 5.10 Å². The molecule has 1 saturated heterocycles. The van der Waals surface area contributed by atoms with Gasteiger partial charge >= 0.3 is 0 Å². The van der Waals surface area contributed by atoms with Crippen molar-refractivity contribution >= 4 is 35.1 Å². The number of hydrogen-bond donors (Lipinski definition) is 0. The highest BCUT2D eigenvalue weighted by molar-refractivity contribution is 6.31. The molecule has 7 nitrogen and oxygen atoms in total. The Morgan fingerprint density at radius 3 is 2.55 bits per heavy atom. The van der Waals surface area contributed by atoms with Gasteiger partial charge in [0.1, 0.15) is 6.54 Å². The Kier molecular flexibility index (Phi) is 6.91. The van der Waals surface area contributed by atoms with Crippen molar-refractivity contribution in [2.45, 2.75) is 39.2 Å². The van der Waals surface area contributed by atoms with Crippen molar-refractivity contribution in [1.29, 1.82) is 0 Å². The SMILES string of the molecule is Cc1nn(CC(=O)N2CCC[C@H](c3nc(N(C)C)ncc3-c3ccc(Cl)cc3)C2)c(C)c1Cl. The van der Waals surface area contributed by atoms with Crippen molar-refractivity contribution in [2.75, 3.05) is 32.1 Å². The van der Waals surface area contributed by atoms with E-state index in [1.807, 2.05) is 68.2 Å². The number of hydrogen-bond acceptors (Lipinski definition) is 5. The van der Waals surface area contributed by atoms with E-state index >= 15 is 0 Å². The molecule has 0 aliphatic carbocycles. The van der Waals surface area contributed by atoms with Crippen molar-refractivity contribution in [3.8, 4) is 11.1 Å². The zero-order chi connectivity index (χ0) is 23.7. The molecule has 0 spiro atoms. The lowest BCUT2D eigenvalue weighted by atomic mass is 9.90. The van der Waals surface area contributed by atoms with Gasteiger partial charge in [0.05, 0.1) is 22.1 Å². The summed E-state index contributed by atoms with van der Waals surface area (Å²) in [6.07, 6.45) is 3.75. The number of benzene rings is 1. The van der Waals surface area contributed by atoms with E-state index in [0.29, 0.717) is 22.5 Å². The third-order valence-electron chi connectivity index (χ3n) is 6.10. The molecule has 0 unspecified atom stereocenters. The normalized spacial score (nSPS) is 16.2. The lowest BCUT2D eigenvalue weighted by Crippen LogP contribution is -2.41. The van der Waals surface area contributed by atoms with Crippen molar-refractivity contribution in [2.24, 2.45) is 0 Å². The van der Waals surface area contributed by atoms with Gasteiger partial charge in [-0.15, -0.1) is 0 Å². The number of aryl methyl sites for hydroxylation is 1. The summed E-state index contributed by atoms with van der Waals surface area (Å²) < 4.78 is 1.69. The van der Waals surface area contributed by atoms with Crippen LogP contribution in [0.25, 0.3) is 11.1 Å². The maximum Gasteiger partial charge on any atom is 0.244 e. The highest BCUT2D eigenvalue weighted by atomic mass is 35.5. The smallest absolute Gasteiger partial charge is 0.244 e. The average Bonchev–Trinajstić information content (AvgIpc) is 3.05. The summed E-state index contributed by atoms with van der Waals surface area (Å²) in [4.78, 5) is 26.4. The third-order valence-corrected chi connectivity index (χ3v) is 6.90. The molecule has 174 valence electrons. The van der Waals surface area contributed by atoms with E-state index < -0.39 is 0 Å². The lowest BCUT2D eigenvalue weighted by Gasteiger charge is -2.33. The number of rotatable bonds is 5. The molecule has 1 aliphatic heterocycles. The van der Waals surface area contributed by atoms with E-state index in [9.17, 15) is 4.79 Å². The summed E-state index contributed by atoms with van der Waals surface area (Å²) in [5.74, 6) is 0.805. The van der Waals surface area contributed by atoms with Crippen LogP contribution in [0.5, 0.6) is 0 Å². The second kappa shape index (κ2) is 9.69. The molecule has 4 rings (SSSR count). The fraction of sp³-hybridized carbons (Fsp3) is 0.417. The van der Waals surface area contributed by atoms with Crippen LogP contribution in [0.3, 0.4) is 0 Å². The summed E-state index contributed by atoms with van der Waals surface area (Å²) in [5, 5.41) is 5.71. The Labute approximate surface area is 204 Å². The first-order chi connectivity index (χ1) is 15.7. The maximum atomic E-state index is 13.2. The number of anilines is 1. The Bertz CT molecular complexity index is 1160. The summed E-state index contributed by atoms with van der Waals surface area (Å²) in [5.41, 5.74) is 4.50. The van der Waals surface area contributed by atoms with Crippen LogP contribution in [-0.2, 0) is 11.3 Å². The minimum absolute atomic E-state index is 0.0388. The van der Waals surface area contributed by atoms with E-state index in [2.05, 4.69) is 10.1 Å². The Hall–Kier alpha value is -2.64. The predicted octanol–water partition coefficient (Wildman–Crippen LogP) is 4.74. The second-order valence-electron chi connectivity index (χ2n) is 8.69. The van der Waals surface area contributed by atoms with E-state index in [-0.39, 0.29) is 18.4 Å². The molecule has 3 heterocycles. The first-order valence-electron chi connectivity index (χ1n) is 11.0. The van der Waals surface area contributed by atoms with Crippen molar-refractivity contribution in [3.63, 3.8) is 0 Å². The molecule has 0 saturated carbocycles. The van der Waals surface area contributed by atoms with Crippen molar-refractivity contribution in [3.05, 3.63) is 57.6 Å². The molecule has 1 amide bonds. The molecular weight excluding hydrogens is 459 g/mol. The molecule has 9 heteroatoms. The van der Waals surface area contributed by atoms with E-state index in [1.54, 1.807) is 4.68 Å². The molecule has 2 aromatic heterocycles. The van der Waals surface area contributed by atoms with Crippen LogP contribution in [-0.4, -0.2) is 57.7 Å². The highest BCUT2D eigenvalue weighted by Crippen LogP contribution is 2.34. The van der Waals surface area contributed by atoms with Gasteiger partial charge in [0.15, 0.2) is 0 Å². The number of likely N-dealkylation sites (tertiary alicyclic amines) is 1. The number of aromatic nitrogens is 4. The van der Waals surface area contributed by atoms with Crippen LogP contribution in [0, 0.1) is 13.8 Å². The zero-order valence-electron chi connectivity index (χ0n) is 19.3. The van der Waals surface area contributed by atoms with Crippen LogP contribution >= 0.6 is 23.2 Å². The van der Waals surface area contributed by atoms with Crippen LogP contribution in [0.1, 0.15) is 35.8 Å². The van der Waals surface area contributed by atoms with Crippen LogP contribution < -0.4 is 4.90 Å². The lowest BCUT2D eigenvalue weighted by molar-refractivity contribution is -0.133. The van der Waals surface area contributed by atoms with Gasteiger partial charge in [0.25, 0.3) is 0 Å². The van der Waals surface area contributed by atoms with E-state index in [0.717, 1.165) is 47.6 Å². The topological polar surface area (TPSA) is 67.2 Å². The highest BCUT2D eigenvalue weighted by Gasteiger charge is 2.29. The minimum atomic E-state index is 0.0388. The fourth-order valence-electron chi connectivity index (χ4n) is 4.25. The van der Waals surface area contributed by atoms with Crippen molar-refractivity contribution in [1.82, 2.24) is 24.6 Å². The van der Waals surface area contributed by atoms with Gasteiger partial charge in [0.2, 0.25) is 11.9 Å². The minimum Gasteiger partial charge on any atom is -0.347 e. The van der Waals surface area contributed by atoms with Crippen molar-refractivity contribution < 1.29 is 4.79 Å². The van der Waals surface area contributed by atoms with Gasteiger partial charge in [-0.05, 0) is 44.4 Å². The molecule has 1 fully saturated rings. The van der Waals surface area contributed by atoms with Gasteiger partial charge in [-0.3, -0.25) is 9.48 Å². The van der Waals surface area contributed by atoms with Crippen LogP contribution in [0.2, 0.25) is 10.0 Å². The Morgan fingerprint density at radius 2 is 1.91 bits per heavy atom. The average molecular weight is 487 g/mol. The first kappa shape index (κ1) is 23.5. The molecule has 1 atom stereocenters. The number of carbonyl (C=O) groups excluding carboxylic acids is 1. The molecule has 33 heavy (non-hydrogen) atoms. The number of piperidine rings is 1.